The quantitative estimate of drug-likeness (QED) is 0.762. The van der Waals surface area contributed by atoms with Crippen molar-refractivity contribution in [2.75, 3.05) is 7.11 Å². The summed E-state index contributed by atoms with van der Waals surface area (Å²) in [6, 6.07) is 8.05. The first kappa shape index (κ1) is 9.09. The highest BCUT2D eigenvalue weighted by Gasteiger charge is 2.04. The fourth-order valence-electron chi connectivity index (χ4n) is 1.50. The van der Waals surface area contributed by atoms with Gasteiger partial charge in [-0.25, -0.2) is 0 Å². The van der Waals surface area contributed by atoms with E-state index in [2.05, 4.69) is 11.1 Å². The maximum Gasteiger partial charge on any atom is 0.120 e. The Balaban J connectivity index is 2.54. The van der Waals surface area contributed by atoms with Gasteiger partial charge in [0, 0.05) is 23.3 Å². The summed E-state index contributed by atoms with van der Waals surface area (Å²) in [5.41, 5.74) is 7.90. The molecular formula is C11H14N2O. The van der Waals surface area contributed by atoms with E-state index in [9.17, 15) is 0 Å². The Morgan fingerprint density at radius 2 is 2.14 bits per heavy atom. The lowest BCUT2D eigenvalue weighted by molar-refractivity contribution is 0.415. The minimum atomic E-state index is 0.0356. The second-order valence-electron chi connectivity index (χ2n) is 3.47. The molecule has 74 valence electrons. The minimum Gasteiger partial charge on any atom is -0.497 e. The highest BCUT2D eigenvalue weighted by atomic mass is 16.5. The van der Waals surface area contributed by atoms with Crippen LogP contribution in [0.15, 0.2) is 24.3 Å². The molecule has 1 aromatic carbocycles. The number of nitrogens with one attached hydrogen (secondary N) is 1. The standard InChI is InChI=1S/C11H14N2O/c1-7(12)10-5-8-3-4-9(14-2)6-11(8)13-10/h3-7,13H,12H2,1-2H3. The topological polar surface area (TPSA) is 51.0 Å². The van der Waals surface area contributed by atoms with Gasteiger partial charge in [-0.05, 0) is 30.5 Å². The third-order valence-electron chi connectivity index (χ3n) is 2.34. The molecule has 0 bridgehead atoms. The van der Waals surface area contributed by atoms with Crippen LogP contribution in [0.25, 0.3) is 10.9 Å². The van der Waals surface area contributed by atoms with Gasteiger partial charge in [0.15, 0.2) is 0 Å². The van der Waals surface area contributed by atoms with E-state index in [0.717, 1.165) is 22.3 Å². The lowest BCUT2D eigenvalue weighted by Crippen LogP contribution is -2.04. The molecule has 0 radical (unpaired) electrons. The van der Waals surface area contributed by atoms with Gasteiger partial charge in [0.2, 0.25) is 0 Å². The van der Waals surface area contributed by atoms with Gasteiger partial charge in [0.1, 0.15) is 5.75 Å². The SMILES string of the molecule is COc1ccc2cc(C(C)N)[nH]c2c1. The molecule has 0 aliphatic carbocycles. The molecule has 1 unspecified atom stereocenters. The zero-order valence-electron chi connectivity index (χ0n) is 8.37. The Bertz CT molecular complexity index is 445. The van der Waals surface area contributed by atoms with Crippen molar-refractivity contribution in [1.29, 1.82) is 0 Å². The number of hydrogen-bond donors (Lipinski definition) is 2. The third-order valence-corrected chi connectivity index (χ3v) is 2.34. The summed E-state index contributed by atoms with van der Waals surface area (Å²) in [4.78, 5) is 3.26. The Morgan fingerprint density at radius 3 is 2.79 bits per heavy atom. The molecule has 1 atom stereocenters. The van der Waals surface area contributed by atoms with Crippen LogP contribution in [-0.2, 0) is 0 Å². The van der Waals surface area contributed by atoms with Crippen molar-refractivity contribution in [1.82, 2.24) is 4.98 Å². The fourth-order valence-corrected chi connectivity index (χ4v) is 1.50. The minimum absolute atomic E-state index is 0.0356. The van der Waals surface area contributed by atoms with Gasteiger partial charge < -0.3 is 15.5 Å². The molecule has 0 fully saturated rings. The lowest BCUT2D eigenvalue weighted by Gasteiger charge is -1.99. The number of aromatic amines is 1. The van der Waals surface area contributed by atoms with Gasteiger partial charge in [-0.15, -0.1) is 0 Å². The van der Waals surface area contributed by atoms with Crippen molar-refractivity contribution in [3.8, 4) is 5.75 Å². The second-order valence-corrected chi connectivity index (χ2v) is 3.47. The summed E-state index contributed by atoms with van der Waals surface area (Å²) < 4.78 is 5.14. The van der Waals surface area contributed by atoms with E-state index in [4.69, 9.17) is 10.5 Å². The van der Waals surface area contributed by atoms with Crippen LogP contribution < -0.4 is 10.5 Å². The van der Waals surface area contributed by atoms with Crippen LogP contribution in [0.1, 0.15) is 18.7 Å². The maximum absolute atomic E-state index is 5.79. The van der Waals surface area contributed by atoms with Gasteiger partial charge in [0.25, 0.3) is 0 Å². The van der Waals surface area contributed by atoms with Gasteiger partial charge in [-0.1, -0.05) is 0 Å². The summed E-state index contributed by atoms with van der Waals surface area (Å²) in [6.07, 6.45) is 0. The number of methoxy groups -OCH3 is 1. The van der Waals surface area contributed by atoms with Crippen LogP contribution >= 0.6 is 0 Å². The first-order valence-electron chi connectivity index (χ1n) is 4.63. The summed E-state index contributed by atoms with van der Waals surface area (Å²) >= 11 is 0. The van der Waals surface area contributed by atoms with E-state index in [-0.39, 0.29) is 6.04 Å². The van der Waals surface area contributed by atoms with Crippen LogP contribution in [0.4, 0.5) is 0 Å². The molecule has 3 nitrogen and oxygen atoms in total. The predicted molar refractivity (Wildman–Crippen MR) is 57.5 cm³/mol. The van der Waals surface area contributed by atoms with E-state index < -0.39 is 0 Å². The molecule has 1 heterocycles. The zero-order chi connectivity index (χ0) is 10.1. The number of H-pyrrole nitrogens is 1. The number of hydrogen-bond acceptors (Lipinski definition) is 2. The number of nitrogens with two attached hydrogens (primary N) is 1. The van der Waals surface area contributed by atoms with Gasteiger partial charge in [0.05, 0.1) is 7.11 Å². The van der Waals surface area contributed by atoms with Crippen molar-refractivity contribution >= 4 is 10.9 Å². The smallest absolute Gasteiger partial charge is 0.120 e. The fraction of sp³-hybridized carbons (Fsp3) is 0.273. The predicted octanol–water partition coefficient (Wildman–Crippen LogP) is 2.20. The normalized spacial score (nSPS) is 13.1. The lowest BCUT2D eigenvalue weighted by atomic mass is 10.2. The number of fused-ring (bicyclic) bond motifs is 1. The Kier molecular flexibility index (Phi) is 2.17. The van der Waals surface area contributed by atoms with Crippen molar-refractivity contribution in [3.63, 3.8) is 0 Å². The first-order chi connectivity index (χ1) is 6.70. The number of ether oxygens (including phenoxy) is 1. The van der Waals surface area contributed by atoms with Crippen molar-refractivity contribution in [2.45, 2.75) is 13.0 Å². The van der Waals surface area contributed by atoms with Gasteiger partial charge in [-0.2, -0.15) is 0 Å². The maximum atomic E-state index is 5.79. The highest BCUT2D eigenvalue weighted by molar-refractivity contribution is 5.81. The van der Waals surface area contributed by atoms with Crippen molar-refractivity contribution in [2.24, 2.45) is 5.73 Å². The molecule has 0 aliphatic rings. The van der Waals surface area contributed by atoms with Crippen LogP contribution in [-0.4, -0.2) is 12.1 Å². The molecule has 2 rings (SSSR count). The molecule has 0 spiro atoms. The molecule has 0 saturated heterocycles. The van der Waals surface area contributed by atoms with Crippen LogP contribution in [0, 0.1) is 0 Å². The average molecular weight is 190 g/mol. The van der Waals surface area contributed by atoms with E-state index in [1.54, 1.807) is 7.11 Å². The summed E-state index contributed by atoms with van der Waals surface area (Å²) in [7, 11) is 1.66. The summed E-state index contributed by atoms with van der Waals surface area (Å²) in [5, 5.41) is 1.16. The molecule has 0 amide bonds. The largest absolute Gasteiger partial charge is 0.497 e. The van der Waals surface area contributed by atoms with Crippen molar-refractivity contribution in [3.05, 3.63) is 30.0 Å². The van der Waals surface area contributed by atoms with E-state index in [1.165, 1.54) is 0 Å². The molecule has 3 heteroatoms. The third kappa shape index (κ3) is 1.46. The molecule has 0 saturated carbocycles. The van der Waals surface area contributed by atoms with Crippen LogP contribution in [0.2, 0.25) is 0 Å². The van der Waals surface area contributed by atoms with Gasteiger partial charge >= 0.3 is 0 Å². The van der Waals surface area contributed by atoms with Crippen LogP contribution in [0.3, 0.4) is 0 Å². The number of benzene rings is 1. The molecule has 0 aliphatic heterocycles. The Hall–Kier alpha value is -1.48. The monoisotopic (exact) mass is 190 g/mol. The molecule has 2 aromatic rings. The first-order valence-corrected chi connectivity index (χ1v) is 4.63. The Morgan fingerprint density at radius 1 is 1.36 bits per heavy atom. The molecule has 3 N–H and O–H groups in total. The number of aromatic nitrogens is 1. The second kappa shape index (κ2) is 3.35. The van der Waals surface area contributed by atoms with Crippen LogP contribution in [0.5, 0.6) is 5.75 Å². The zero-order valence-corrected chi connectivity index (χ0v) is 8.37. The van der Waals surface area contributed by atoms with E-state index in [1.807, 2.05) is 25.1 Å². The summed E-state index contributed by atoms with van der Waals surface area (Å²) in [5.74, 6) is 0.857. The average Bonchev–Trinajstić information content (AvgIpc) is 2.59. The van der Waals surface area contributed by atoms with Gasteiger partial charge in [-0.3, -0.25) is 0 Å². The summed E-state index contributed by atoms with van der Waals surface area (Å²) in [6.45, 7) is 1.96. The Labute approximate surface area is 82.9 Å². The van der Waals surface area contributed by atoms with E-state index in [0.29, 0.717) is 0 Å². The molecule has 1 aromatic heterocycles. The van der Waals surface area contributed by atoms with E-state index >= 15 is 0 Å². The molecular weight excluding hydrogens is 176 g/mol. The highest BCUT2D eigenvalue weighted by Crippen LogP contribution is 2.22. The number of rotatable bonds is 2. The van der Waals surface area contributed by atoms with Crippen molar-refractivity contribution < 1.29 is 4.74 Å². The molecule has 14 heavy (non-hydrogen) atoms.